The Hall–Kier alpha value is -2.05. The number of hydrogen-bond acceptors (Lipinski definition) is 3. The highest BCUT2D eigenvalue weighted by molar-refractivity contribution is 7.89. The molecule has 0 aliphatic carbocycles. The number of rotatable bonds is 5. The Kier molecular flexibility index (Phi) is 6.07. The monoisotopic (exact) mass is 438 g/mol. The highest BCUT2D eigenvalue weighted by atomic mass is 35.5. The van der Waals surface area contributed by atoms with E-state index >= 15 is 0 Å². The molecule has 0 saturated heterocycles. The Labute approximate surface area is 172 Å². The van der Waals surface area contributed by atoms with Crippen molar-refractivity contribution in [1.29, 1.82) is 0 Å². The molecule has 0 aliphatic heterocycles. The maximum atomic E-state index is 12.5. The van der Waals surface area contributed by atoms with Crippen LogP contribution < -0.4 is 4.83 Å². The van der Waals surface area contributed by atoms with Crippen molar-refractivity contribution in [3.8, 4) is 0 Å². The van der Waals surface area contributed by atoms with Gasteiger partial charge in [-0.3, -0.25) is 0 Å². The molecule has 27 heavy (non-hydrogen) atoms. The average molecular weight is 440 g/mol. The molecule has 0 aliphatic rings. The minimum absolute atomic E-state index is 0.0576. The molecule has 0 aromatic heterocycles. The fourth-order valence-corrected chi connectivity index (χ4v) is 3.47. The van der Waals surface area contributed by atoms with Crippen LogP contribution in [-0.2, 0) is 10.0 Å². The Morgan fingerprint density at radius 2 is 1.04 bits per heavy atom. The van der Waals surface area contributed by atoms with Gasteiger partial charge in [-0.1, -0.05) is 59.1 Å². The third-order valence-corrected chi connectivity index (χ3v) is 5.62. The zero-order chi connectivity index (χ0) is 19.4. The van der Waals surface area contributed by atoms with E-state index in [1.807, 2.05) is 0 Å². The lowest BCUT2D eigenvalue weighted by atomic mass is 10.0. The molecule has 3 aromatic carbocycles. The molecule has 0 bridgehead atoms. The molecule has 0 radical (unpaired) electrons. The van der Waals surface area contributed by atoms with Crippen molar-refractivity contribution in [3.63, 3.8) is 0 Å². The van der Waals surface area contributed by atoms with Crippen LogP contribution >= 0.6 is 34.8 Å². The molecule has 0 amide bonds. The van der Waals surface area contributed by atoms with Crippen LogP contribution in [0.5, 0.6) is 0 Å². The summed E-state index contributed by atoms with van der Waals surface area (Å²) in [6.07, 6.45) is 0. The van der Waals surface area contributed by atoms with Crippen molar-refractivity contribution in [2.75, 3.05) is 0 Å². The Bertz CT molecular complexity index is 1020. The lowest BCUT2D eigenvalue weighted by Crippen LogP contribution is -2.21. The van der Waals surface area contributed by atoms with Crippen LogP contribution in [0.2, 0.25) is 15.1 Å². The van der Waals surface area contributed by atoms with Crippen LogP contribution in [0.1, 0.15) is 11.1 Å². The van der Waals surface area contributed by atoms with Crippen LogP contribution in [0.15, 0.2) is 82.8 Å². The van der Waals surface area contributed by atoms with Gasteiger partial charge in [-0.25, -0.2) is 0 Å². The zero-order valence-electron chi connectivity index (χ0n) is 13.7. The van der Waals surface area contributed by atoms with Gasteiger partial charge in [0.2, 0.25) is 0 Å². The first-order chi connectivity index (χ1) is 12.8. The van der Waals surface area contributed by atoms with Gasteiger partial charge in [0, 0.05) is 26.2 Å². The van der Waals surface area contributed by atoms with E-state index in [4.69, 9.17) is 34.8 Å². The summed E-state index contributed by atoms with van der Waals surface area (Å²) in [5.74, 6) is 0. The molecular weight excluding hydrogens is 427 g/mol. The third-order valence-electron chi connectivity index (χ3n) is 3.64. The minimum Gasteiger partial charge on any atom is -0.200 e. The largest absolute Gasteiger partial charge is 0.276 e. The predicted octanol–water partition coefficient (Wildman–Crippen LogP) is 5.38. The van der Waals surface area contributed by atoms with Crippen molar-refractivity contribution in [3.05, 3.63) is 99.0 Å². The van der Waals surface area contributed by atoms with E-state index < -0.39 is 10.0 Å². The number of nitrogens with zero attached hydrogens (tertiary/aromatic N) is 1. The van der Waals surface area contributed by atoms with Gasteiger partial charge in [-0.15, -0.1) is 0 Å². The SMILES string of the molecule is O=S(=O)(NN=C(c1ccc(Cl)cc1)c1ccc(Cl)cc1)c1ccc(Cl)cc1. The number of hydrazone groups is 1. The van der Waals surface area contributed by atoms with Crippen molar-refractivity contribution in [1.82, 2.24) is 4.83 Å². The van der Waals surface area contributed by atoms with Crippen LogP contribution in [0.4, 0.5) is 0 Å². The van der Waals surface area contributed by atoms with Gasteiger partial charge in [-0.05, 0) is 48.5 Å². The first-order valence-electron chi connectivity index (χ1n) is 7.72. The molecular formula is C19H13Cl3N2O2S. The van der Waals surface area contributed by atoms with Gasteiger partial charge in [0.1, 0.15) is 0 Å². The summed E-state index contributed by atoms with van der Waals surface area (Å²) in [5.41, 5.74) is 1.82. The van der Waals surface area contributed by atoms with E-state index in [0.29, 0.717) is 31.9 Å². The highest BCUT2D eigenvalue weighted by Crippen LogP contribution is 2.18. The summed E-state index contributed by atoms with van der Waals surface area (Å²) >= 11 is 17.7. The van der Waals surface area contributed by atoms with Crippen LogP contribution in [0.25, 0.3) is 0 Å². The summed E-state index contributed by atoms with van der Waals surface area (Å²) in [5, 5.41) is 5.73. The molecule has 4 nitrogen and oxygen atoms in total. The molecule has 0 fully saturated rings. The second-order valence-electron chi connectivity index (χ2n) is 5.52. The summed E-state index contributed by atoms with van der Waals surface area (Å²) in [6.45, 7) is 0. The van der Waals surface area contributed by atoms with Gasteiger partial charge in [0.15, 0.2) is 0 Å². The molecule has 0 heterocycles. The lowest BCUT2D eigenvalue weighted by molar-refractivity contribution is 0.584. The van der Waals surface area contributed by atoms with Gasteiger partial charge >= 0.3 is 0 Å². The van der Waals surface area contributed by atoms with E-state index in [9.17, 15) is 8.42 Å². The molecule has 0 unspecified atom stereocenters. The van der Waals surface area contributed by atoms with E-state index in [-0.39, 0.29) is 4.90 Å². The number of sulfonamides is 1. The quantitative estimate of drug-likeness (QED) is 0.429. The minimum atomic E-state index is -3.85. The predicted molar refractivity (Wildman–Crippen MR) is 110 cm³/mol. The fourth-order valence-electron chi connectivity index (χ4n) is 2.28. The van der Waals surface area contributed by atoms with Gasteiger partial charge < -0.3 is 0 Å². The average Bonchev–Trinajstić information content (AvgIpc) is 2.65. The molecule has 8 heteroatoms. The van der Waals surface area contributed by atoms with Crippen LogP contribution in [0, 0.1) is 0 Å². The second kappa shape index (κ2) is 8.31. The number of hydrogen-bond donors (Lipinski definition) is 1. The topological polar surface area (TPSA) is 58.5 Å². The summed E-state index contributed by atoms with van der Waals surface area (Å²) < 4.78 is 25.0. The molecule has 3 aromatic rings. The summed E-state index contributed by atoms with van der Waals surface area (Å²) in [7, 11) is -3.85. The summed E-state index contributed by atoms with van der Waals surface area (Å²) in [6, 6.07) is 19.7. The second-order valence-corrected chi connectivity index (χ2v) is 8.49. The normalized spacial score (nSPS) is 11.1. The number of nitrogens with one attached hydrogen (secondary N) is 1. The van der Waals surface area contributed by atoms with E-state index in [1.54, 1.807) is 48.5 Å². The Morgan fingerprint density at radius 3 is 1.44 bits per heavy atom. The molecule has 0 saturated carbocycles. The maximum Gasteiger partial charge on any atom is 0.276 e. The Morgan fingerprint density at radius 1 is 0.667 bits per heavy atom. The lowest BCUT2D eigenvalue weighted by Gasteiger charge is -2.10. The zero-order valence-corrected chi connectivity index (χ0v) is 16.8. The third kappa shape index (κ3) is 5.02. The standard InChI is InChI=1S/C19H13Cl3N2O2S/c20-15-5-1-13(2-6-15)19(14-3-7-16(21)8-4-14)23-24-27(25,26)18-11-9-17(22)10-12-18/h1-12,24H. The first-order valence-corrected chi connectivity index (χ1v) is 10.3. The number of benzene rings is 3. The van der Waals surface area contributed by atoms with Crippen molar-refractivity contribution in [2.45, 2.75) is 4.90 Å². The van der Waals surface area contributed by atoms with Gasteiger partial charge in [0.05, 0.1) is 10.6 Å². The molecule has 138 valence electrons. The van der Waals surface area contributed by atoms with Crippen molar-refractivity contribution in [2.24, 2.45) is 5.10 Å². The highest BCUT2D eigenvalue weighted by Gasteiger charge is 2.15. The van der Waals surface area contributed by atoms with Gasteiger partial charge in [-0.2, -0.15) is 18.4 Å². The van der Waals surface area contributed by atoms with Crippen molar-refractivity contribution >= 4 is 50.5 Å². The number of halogens is 3. The van der Waals surface area contributed by atoms with Crippen LogP contribution in [-0.4, -0.2) is 14.1 Å². The molecule has 1 N–H and O–H groups in total. The van der Waals surface area contributed by atoms with E-state index in [2.05, 4.69) is 9.93 Å². The molecule has 0 spiro atoms. The van der Waals surface area contributed by atoms with Gasteiger partial charge in [0.25, 0.3) is 10.0 Å². The smallest absolute Gasteiger partial charge is 0.200 e. The van der Waals surface area contributed by atoms with E-state index in [1.165, 1.54) is 24.3 Å². The molecule has 3 rings (SSSR count). The fraction of sp³-hybridized carbons (Fsp3) is 0. The Balaban J connectivity index is 2.00. The first kappa shape index (κ1) is 19.7. The summed E-state index contributed by atoms with van der Waals surface area (Å²) in [4.78, 5) is 2.33. The van der Waals surface area contributed by atoms with Crippen molar-refractivity contribution < 1.29 is 8.42 Å². The molecule has 0 atom stereocenters. The maximum absolute atomic E-state index is 12.5. The van der Waals surface area contributed by atoms with Crippen LogP contribution in [0.3, 0.4) is 0 Å². The van der Waals surface area contributed by atoms with E-state index in [0.717, 1.165) is 0 Å².